The van der Waals surface area contributed by atoms with E-state index in [0.717, 1.165) is 11.2 Å². The van der Waals surface area contributed by atoms with Gasteiger partial charge in [0.2, 0.25) is 0 Å². The monoisotopic (exact) mass is 237 g/mol. The van der Waals surface area contributed by atoms with Gasteiger partial charge in [-0.05, 0) is 19.1 Å². The number of aromatic nitrogens is 1. The molecule has 0 amide bonds. The van der Waals surface area contributed by atoms with Crippen LogP contribution in [-0.4, -0.2) is 11.3 Å². The first-order chi connectivity index (χ1) is 8.90. The van der Waals surface area contributed by atoms with Crippen LogP contribution in [0.3, 0.4) is 0 Å². The minimum Gasteiger partial charge on any atom is -0.414 e. The van der Waals surface area contributed by atoms with Crippen molar-refractivity contribution in [1.29, 1.82) is 0 Å². The van der Waals surface area contributed by atoms with E-state index in [0.29, 0.717) is 6.61 Å². The summed E-state index contributed by atoms with van der Waals surface area (Å²) in [6.45, 7) is 2.65. The minimum atomic E-state index is 0.651. The third kappa shape index (κ3) is 1.76. The summed E-state index contributed by atoms with van der Waals surface area (Å²) in [4.78, 5) is 5.76. The van der Waals surface area contributed by atoms with E-state index >= 15 is 0 Å². The summed E-state index contributed by atoms with van der Waals surface area (Å²) < 4.78 is 1.92. The summed E-state index contributed by atoms with van der Waals surface area (Å²) in [6, 6.07) is 20.8. The predicted molar refractivity (Wildman–Crippen MR) is 74.5 cm³/mol. The second kappa shape index (κ2) is 4.57. The van der Waals surface area contributed by atoms with Crippen LogP contribution in [0.1, 0.15) is 6.92 Å². The molecule has 2 nitrogen and oxygen atoms in total. The molecule has 3 rings (SSSR count). The summed E-state index contributed by atoms with van der Waals surface area (Å²) in [5.41, 5.74) is 3.37. The molecule has 0 aliphatic rings. The van der Waals surface area contributed by atoms with Gasteiger partial charge in [0.1, 0.15) is 6.61 Å². The highest BCUT2D eigenvalue weighted by atomic mass is 16.7. The van der Waals surface area contributed by atoms with E-state index in [2.05, 4.69) is 30.3 Å². The molecule has 0 N–H and O–H groups in total. The highest BCUT2D eigenvalue weighted by Gasteiger charge is 2.10. The molecule has 0 unspecified atom stereocenters. The Hall–Kier alpha value is -2.22. The summed E-state index contributed by atoms with van der Waals surface area (Å²) in [7, 11) is 0. The molecule has 0 fully saturated rings. The number of para-hydroxylation sites is 1. The lowest BCUT2D eigenvalue weighted by Gasteiger charge is -2.10. The zero-order valence-electron chi connectivity index (χ0n) is 10.3. The number of hydrogen-bond acceptors (Lipinski definition) is 1. The third-order valence-electron chi connectivity index (χ3n) is 2.99. The van der Waals surface area contributed by atoms with E-state index in [1.165, 1.54) is 10.9 Å². The van der Waals surface area contributed by atoms with Crippen LogP contribution in [0.25, 0.3) is 22.2 Å². The van der Waals surface area contributed by atoms with Crippen molar-refractivity contribution in [2.75, 3.05) is 6.61 Å². The first kappa shape index (κ1) is 10.9. The molecule has 0 radical (unpaired) electrons. The van der Waals surface area contributed by atoms with Crippen LogP contribution >= 0.6 is 0 Å². The molecule has 0 bridgehead atoms. The van der Waals surface area contributed by atoms with Crippen LogP contribution in [0.5, 0.6) is 0 Å². The molecule has 18 heavy (non-hydrogen) atoms. The molecule has 0 saturated heterocycles. The predicted octanol–water partition coefficient (Wildman–Crippen LogP) is 3.76. The fourth-order valence-electron chi connectivity index (χ4n) is 2.21. The molecule has 0 aliphatic heterocycles. The van der Waals surface area contributed by atoms with Crippen LogP contribution in [0.4, 0.5) is 0 Å². The van der Waals surface area contributed by atoms with Crippen molar-refractivity contribution in [3.63, 3.8) is 0 Å². The van der Waals surface area contributed by atoms with Crippen molar-refractivity contribution in [2.24, 2.45) is 0 Å². The molecule has 0 atom stereocenters. The first-order valence-electron chi connectivity index (χ1n) is 6.19. The fraction of sp³-hybridized carbons (Fsp3) is 0.125. The van der Waals surface area contributed by atoms with E-state index in [-0.39, 0.29) is 0 Å². The van der Waals surface area contributed by atoms with E-state index in [4.69, 9.17) is 4.84 Å². The van der Waals surface area contributed by atoms with Crippen LogP contribution in [0, 0.1) is 0 Å². The van der Waals surface area contributed by atoms with Crippen molar-refractivity contribution >= 4 is 10.9 Å². The lowest BCUT2D eigenvalue weighted by atomic mass is 10.1. The summed E-state index contributed by atoms with van der Waals surface area (Å²) >= 11 is 0. The Morgan fingerprint density at radius 2 is 1.67 bits per heavy atom. The van der Waals surface area contributed by atoms with Gasteiger partial charge in [-0.15, -0.1) is 0 Å². The fourth-order valence-corrected chi connectivity index (χ4v) is 2.21. The average molecular weight is 237 g/mol. The van der Waals surface area contributed by atoms with Gasteiger partial charge >= 0.3 is 0 Å². The molecule has 3 aromatic rings. The van der Waals surface area contributed by atoms with Crippen molar-refractivity contribution in [1.82, 2.24) is 4.73 Å². The Bertz CT molecular complexity index is 655. The number of rotatable bonds is 3. The highest BCUT2D eigenvalue weighted by molar-refractivity contribution is 5.86. The van der Waals surface area contributed by atoms with E-state index in [9.17, 15) is 0 Å². The quantitative estimate of drug-likeness (QED) is 0.676. The Morgan fingerprint density at radius 3 is 2.44 bits per heavy atom. The Morgan fingerprint density at radius 1 is 0.944 bits per heavy atom. The van der Waals surface area contributed by atoms with Gasteiger partial charge in [-0.1, -0.05) is 48.5 Å². The molecular weight excluding hydrogens is 222 g/mol. The highest BCUT2D eigenvalue weighted by Crippen LogP contribution is 2.26. The van der Waals surface area contributed by atoms with Gasteiger partial charge in [-0.3, -0.25) is 0 Å². The molecule has 2 aromatic carbocycles. The van der Waals surface area contributed by atoms with Gasteiger partial charge in [0, 0.05) is 10.9 Å². The summed E-state index contributed by atoms with van der Waals surface area (Å²) in [5.74, 6) is 0. The van der Waals surface area contributed by atoms with E-state index in [1.54, 1.807) is 0 Å². The summed E-state index contributed by atoms with van der Waals surface area (Å²) in [5, 5.41) is 1.20. The van der Waals surface area contributed by atoms with Crippen LogP contribution in [0.2, 0.25) is 0 Å². The SMILES string of the molecule is CCOn1c(-c2ccccc2)cc2ccccc21. The molecule has 1 heterocycles. The lowest BCUT2D eigenvalue weighted by molar-refractivity contribution is 0.136. The zero-order valence-corrected chi connectivity index (χ0v) is 10.3. The molecule has 0 saturated carbocycles. The molecule has 0 spiro atoms. The first-order valence-corrected chi connectivity index (χ1v) is 6.19. The normalized spacial score (nSPS) is 10.7. The van der Waals surface area contributed by atoms with Gasteiger partial charge in [-0.2, -0.15) is 4.73 Å². The van der Waals surface area contributed by atoms with Crippen molar-refractivity contribution in [3.05, 3.63) is 60.7 Å². The zero-order chi connectivity index (χ0) is 12.4. The van der Waals surface area contributed by atoms with Crippen LogP contribution in [0.15, 0.2) is 60.7 Å². The molecule has 2 heteroatoms. The molecule has 1 aromatic heterocycles. The summed E-state index contributed by atoms with van der Waals surface area (Å²) in [6.07, 6.45) is 0. The number of fused-ring (bicyclic) bond motifs is 1. The maximum atomic E-state index is 5.76. The minimum absolute atomic E-state index is 0.651. The van der Waals surface area contributed by atoms with Gasteiger partial charge in [0.25, 0.3) is 0 Å². The Balaban J connectivity index is 2.25. The maximum Gasteiger partial charge on any atom is 0.112 e. The smallest absolute Gasteiger partial charge is 0.112 e. The van der Waals surface area contributed by atoms with Gasteiger partial charge < -0.3 is 4.84 Å². The maximum absolute atomic E-state index is 5.76. The Kier molecular flexibility index (Phi) is 2.77. The Labute approximate surface area is 106 Å². The van der Waals surface area contributed by atoms with Crippen LogP contribution in [-0.2, 0) is 0 Å². The molecular formula is C16H15NO. The average Bonchev–Trinajstić information content (AvgIpc) is 2.80. The largest absolute Gasteiger partial charge is 0.414 e. The van der Waals surface area contributed by atoms with E-state index in [1.807, 2.05) is 42.0 Å². The number of nitrogens with zero attached hydrogens (tertiary/aromatic N) is 1. The molecule has 90 valence electrons. The van der Waals surface area contributed by atoms with Crippen LogP contribution < -0.4 is 4.84 Å². The number of benzene rings is 2. The van der Waals surface area contributed by atoms with Crippen molar-refractivity contribution < 1.29 is 4.84 Å². The van der Waals surface area contributed by atoms with Crippen molar-refractivity contribution in [2.45, 2.75) is 6.92 Å². The van der Waals surface area contributed by atoms with Crippen molar-refractivity contribution in [3.8, 4) is 11.3 Å². The second-order valence-corrected chi connectivity index (χ2v) is 4.17. The lowest BCUT2D eigenvalue weighted by Crippen LogP contribution is -2.11. The van der Waals surface area contributed by atoms with Gasteiger partial charge in [-0.25, -0.2) is 0 Å². The molecule has 0 aliphatic carbocycles. The topological polar surface area (TPSA) is 14.2 Å². The third-order valence-corrected chi connectivity index (χ3v) is 2.99. The van der Waals surface area contributed by atoms with E-state index < -0.39 is 0 Å². The number of hydrogen-bond donors (Lipinski definition) is 0. The second-order valence-electron chi connectivity index (χ2n) is 4.17. The van der Waals surface area contributed by atoms with Gasteiger partial charge in [0.15, 0.2) is 0 Å². The standard InChI is InChI=1S/C16H15NO/c1-2-18-17-15-11-7-6-10-14(15)12-16(17)13-8-4-3-5-9-13/h3-12H,2H2,1H3. The van der Waals surface area contributed by atoms with Gasteiger partial charge in [0.05, 0.1) is 11.2 Å².